The van der Waals surface area contributed by atoms with Crippen LogP contribution in [-0.4, -0.2) is 49.2 Å². The standard InChI is InChI=1S/C29H38N4O3.CH4/c1-36-25-15-13-22(14-16-25)21-32-26-11-7-8-12-27(26)33(29(35)30-28(32)34)24-17-19-31(20-18-24)23-9-5-3-2-4-6-10-23;/h7-8,11-16,23-24H,2-6,9-10,17-21H2,1H3,(H,30,34,35);1H4. The van der Waals surface area contributed by atoms with Crippen molar-refractivity contribution in [3.63, 3.8) is 0 Å². The predicted molar refractivity (Wildman–Crippen MR) is 149 cm³/mol. The summed E-state index contributed by atoms with van der Waals surface area (Å²) in [4.78, 5) is 32.7. The molecule has 200 valence electrons. The summed E-state index contributed by atoms with van der Waals surface area (Å²) >= 11 is 0. The lowest BCUT2D eigenvalue weighted by atomic mass is 9.93. The first-order valence-corrected chi connectivity index (χ1v) is 13.5. The van der Waals surface area contributed by atoms with Gasteiger partial charge in [0.25, 0.3) is 0 Å². The van der Waals surface area contributed by atoms with E-state index in [4.69, 9.17) is 4.74 Å². The summed E-state index contributed by atoms with van der Waals surface area (Å²) < 4.78 is 5.26. The molecular formula is C30H42N4O3. The fourth-order valence-corrected chi connectivity index (χ4v) is 6.08. The summed E-state index contributed by atoms with van der Waals surface area (Å²) in [6.45, 7) is 2.38. The highest BCUT2D eigenvalue weighted by atomic mass is 16.5. The lowest BCUT2D eigenvalue weighted by molar-refractivity contribution is 0.129. The third-order valence-electron chi connectivity index (χ3n) is 8.06. The molecule has 0 atom stereocenters. The van der Waals surface area contributed by atoms with Gasteiger partial charge >= 0.3 is 12.1 Å². The number of hydrogen-bond donors (Lipinski definition) is 1. The Morgan fingerprint density at radius 1 is 0.784 bits per heavy atom. The molecule has 1 N–H and O–H groups in total. The highest BCUT2D eigenvalue weighted by molar-refractivity contribution is 6.13. The van der Waals surface area contributed by atoms with Crippen LogP contribution in [0.25, 0.3) is 0 Å². The van der Waals surface area contributed by atoms with Crippen molar-refractivity contribution in [1.29, 1.82) is 0 Å². The topological polar surface area (TPSA) is 65.1 Å². The second kappa shape index (κ2) is 12.5. The molecule has 2 heterocycles. The van der Waals surface area contributed by atoms with Crippen molar-refractivity contribution in [2.75, 3.05) is 30.0 Å². The fourth-order valence-electron chi connectivity index (χ4n) is 6.08. The molecule has 4 amide bonds. The van der Waals surface area contributed by atoms with Crippen LogP contribution in [0.4, 0.5) is 21.0 Å². The van der Waals surface area contributed by atoms with Gasteiger partial charge in [0.1, 0.15) is 5.75 Å². The van der Waals surface area contributed by atoms with Crippen molar-refractivity contribution in [2.24, 2.45) is 0 Å². The Balaban J connectivity index is 0.00000320. The van der Waals surface area contributed by atoms with Gasteiger partial charge in [-0.25, -0.2) is 9.59 Å². The summed E-state index contributed by atoms with van der Waals surface area (Å²) in [5.41, 5.74) is 2.53. The molecule has 1 saturated carbocycles. The maximum Gasteiger partial charge on any atom is 0.330 e. The molecule has 2 fully saturated rings. The minimum absolute atomic E-state index is 0. The number of para-hydroxylation sites is 2. The van der Waals surface area contributed by atoms with E-state index in [1.165, 1.54) is 44.9 Å². The van der Waals surface area contributed by atoms with Gasteiger partial charge in [-0.3, -0.25) is 15.1 Å². The van der Waals surface area contributed by atoms with Gasteiger partial charge in [-0.2, -0.15) is 0 Å². The SMILES string of the molecule is C.COc1ccc(CN2C(=O)NC(=O)N(C3CCN(C4CCCCCCC4)CC3)c3ccccc32)cc1. The Morgan fingerprint density at radius 3 is 2.05 bits per heavy atom. The number of amides is 4. The molecule has 0 aromatic heterocycles. The fraction of sp³-hybridized carbons (Fsp3) is 0.533. The van der Waals surface area contributed by atoms with Gasteiger partial charge in [-0.05, 0) is 55.5 Å². The van der Waals surface area contributed by atoms with Gasteiger partial charge < -0.3 is 9.64 Å². The Bertz CT molecular complexity index is 1040. The van der Waals surface area contributed by atoms with E-state index >= 15 is 0 Å². The lowest BCUT2D eigenvalue weighted by Gasteiger charge is -2.41. The Kier molecular flexibility index (Phi) is 9.09. The molecule has 0 radical (unpaired) electrons. The molecule has 2 aromatic rings. The van der Waals surface area contributed by atoms with Crippen molar-refractivity contribution in [3.8, 4) is 5.75 Å². The van der Waals surface area contributed by atoms with Gasteiger partial charge in [-0.1, -0.05) is 63.8 Å². The van der Waals surface area contributed by atoms with Crippen LogP contribution in [-0.2, 0) is 6.54 Å². The number of methoxy groups -OCH3 is 1. The highest BCUT2D eigenvalue weighted by Crippen LogP contribution is 2.36. The second-order valence-corrected chi connectivity index (χ2v) is 10.3. The number of fused-ring (bicyclic) bond motifs is 1. The lowest BCUT2D eigenvalue weighted by Crippen LogP contribution is -2.53. The van der Waals surface area contributed by atoms with Crippen LogP contribution in [0.3, 0.4) is 0 Å². The van der Waals surface area contributed by atoms with E-state index in [-0.39, 0.29) is 19.5 Å². The maximum atomic E-state index is 13.4. The van der Waals surface area contributed by atoms with Crippen LogP contribution in [0.5, 0.6) is 5.75 Å². The van der Waals surface area contributed by atoms with Crippen molar-refractivity contribution in [2.45, 2.75) is 83.8 Å². The smallest absolute Gasteiger partial charge is 0.330 e. The maximum absolute atomic E-state index is 13.4. The Morgan fingerprint density at radius 2 is 1.41 bits per heavy atom. The molecule has 2 aromatic carbocycles. The van der Waals surface area contributed by atoms with Crippen LogP contribution >= 0.6 is 0 Å². The monoisotopic (exact) mass is 506 g/mol. The van der Waals surface area contributed by atoms with Gasteiger partial charge in [0, 0.05) is 25.2 Å². The van der Waals surface area contributed by atoms with Gasteiger partial charge in [0.2, 0.25) is 0 Å². The second-order valence-electron chi connectivity index (χ2n) is 10.3. The number of rotatable bonds is 5. The number of anilines is 2. The normalized spacial score (nSPS) is 20.2. The first kappa shape index (κ1) is 27.0. The minimum Gasteiger partial charge on any atom is -0.497 e. The molecular weight excluding hydrogens is 464 g/mol. The average Bonchev–Trinajstić information content (AvgIpc) is 2.98. The molecule has 7 nitrogen and oxygen atoms in total. The molecule has 1 saturated heterocycles. The molecule has 5 rings (SSSR count). The summed E-state index contributed by atoms with van der Waals surface area (Å²) in [5.74, 6) is 0.770. The zero-order chi connectivity index (χ0) is 24.9. The summed E-state index contributed by atoms with van der Waals surface area (Å²) in [6, 6.07) is 15.5. The number of nitrogens with zero attached hydrogens (tertiary/aromatic N) is 3. The van der Waals surface area contributed by atoms with E-state index in [0.717, 1.165) is 48.6 Å². The van der Waals surface area contributed by atoms with Gasteiger partial charge in [0.05, 0.1) is 25.0 Å². The molecule has 7 heteroatoms. The third kappa shape index (κ3) is 6.09. The molecule has 0 spiro atoms. The van der Waals surface area contributed by atoms with Crippen molar-refractivity contribution in [3.05, 3.63) is 54.1 Å². The average molecular weight is 507 g/mol. The molecule has 2 aliphatic heterocycles. The summed E-state index contributed by atoms with van der Waals surface area (Å²) in [7, 11) is 1.63. The number of piperidine rings is 1. The van der Waals surface area contributed by atoms with Crippen LogP contribution in [0.15, 0.2) is 48.5 Å². The summed E-state index contributed by atoms with van der Waals surface area (Å²) in [5, 5.41) is 2.65. The van der Waals surface area contributed by atoms with E-state index in [0.29, 0.717) is 12.6 Å². The van der Waals surface area contributed by atoms with Gasteiger partial charge in [0.15, 0.2) is 0 Å². The first-order chi connectivity index (χ1) is 17.6. The number of benzene rings is 2. The number of hydrogen-bond acceptors (Lipinski definition) is 4. The third-order valence-corrected chi connectivity index (χ3v) is 8.06. The number of carbonyl (C=O) groups is 2. The first-order valence-electron chi connectivity index (χ1n) is 13.5. The van der Waals surface area contributed by atoms with Crippen molar-refractivity contribution in [1.82, 2.24) is 10.2 Å². The van der Waals surface area contributed by atoms with E-state index in [1.54, 1.807) is 12.0 Å². The van der Waals surface area contributed by atoms with Crippen molar-refractivity contribution < 1.29 is 14.3 Å². The van der Waals surface area contributed by atoms with Crippen molar-refractivity contribution >= 4 is 23.4 Å². The zero-order valence-electron chi connectivity index (χ0n) is 21.3. The van der Waals surface area contributed by atoms with E-state index in [9.17, 15) is 9.59 Å². The molecule has 3 aliphatic rings. The number of nitrogens with one attached hydrogen (secondary N) is 1. The number of urea groups is 2. The van der Waals surface area contributed by atoms with Crippen LogP contribution in [0.2, 0.25) is 0 Å². The number of carbonyl (C=O) groups excluding carboxylic acids is 2. The van der Waals surface area contributed by atoms with E-state index in [2.05, 4.69) is 10.2 Å². The largest absolute Gasteiger partial charge is 0.497 e. The van der Waals surface area contributed by atoms with Crippen LogP contribution in [0, 0.1) is 0 Å². The quantitative estimate of drug-likeness (QED) is 0.498. The van der Waals surface area contributed by atoms with Crippen LogP contribution < -0.4 is 19.9 Å². The van der Waals surface area contributed by atoms with E-state index < -0.39 is 6.03 Å². The zero-order valence-corrected chi connectivity index (χ0v) is 21.3. The predicted octanol–water partition coefficient (Wildman–Crippen LogP) is 6.56. The molecule has 0 unspecified atom stereocenters. The highest BCUT2D eigenvalue weighted by Gasteiger charge is 2.37. The molecule has 37 heavy (non-hydrogen) atoms. The van der Waals surface area contributed by atoms with Gasteiger partial charge in [-0.15, -0.1) is 0 Å². The number of imide groups is 1. The minimum atomic E-state index is -0.391. The van der Waals surface area contributed by atoms with Crippen LogP contribution in [0.1, 0.15) is 70.8 Å². The summed E-state index contributed by atoms with van der Waals surface area (Å²) in [6.07, 6.45) is 11.2. The molecule has 1 aliphatic carbocycles. The Hall–Kier alpha value is -3.06. The van der Waals surface area contributed by atoms with E-state index in [1.807, 2.05) is 53.4 Å². The Labute approximate surface area is 221 Å². The molecule has 0 bridgehead atoms. The number of ether oxygens (including phenoxy) is 1. The number of likely N-dealkylation sites (tertiary alicyclic amines) is 1.